The smallest absolute Gasteiger partial charge is 0.328 e. The van der Waals surface area contributed by atoms with Gasteiger partial charge in [0.15, 0.2) is 5.13 Å². The van der Waals surface area contributed by atoms with Gasteiger partial charge in [0, 0.05) is 22.8 Å². The third-order valence-corrected chi connectivity index (χ3v) is 8.98. The summed E-state index contributed by atoms with van der Waals surface area (Å²) in [4.78, 5) is 42.9. The zero-order chi connectivity index (χ0) is 29.6. The molecule has 3 N–H and O–H groups in total. The van der Waals surface area contributed by atoms with Gasteiger partial charge in [-0.2, -0.15) is 0 Å². The third kappa shape index (κ3) is 7.40. The lowest BCUT2D eigenvalue weighted by Gasteiger charge is -2.25. The average Bonchev–Trinajstić information content (AvgIpc) is 3.39. The number of nitrogens with one attached hydrogen (secondary N) is 2. The molecule has 1 heterocycles. The lowest BCUT2D eigenvalue weighted by molar-refractivity contribution is -0.136. The Bertz CT molecular complexity index is 1590. The van der Waals surface area contributed by atoms with Gasteiger partial charge >= 0.3 is 12.0 Å². The molecule has 0 saturated heterocycles. The van der Waals surface area contributed by atoms with Gasteiger partial charge in [-0.15, -0.1) is 0 Å². The van der Waals surface area contributed by atoms with Gasteiger partial charge in [0.1, 0.15) is 0 Å². The second-order valence-corrected chi connectivity index (χ2v) is 12.1. The number of benzene rings is 3. The Balaban J connectivity index is 1.36. The van der Waals surface area contributed by atoms with E-state index >= 15 is 0 Å². The Hall–Kier alpha value is -3.66. The van der Waals surface area contributed by atoms with Gasteiger partial charge in [0.2, 0.25) is 0 Å². The van der Waals surface area contributed by atoms with E-state index in [9.17, 15) is 14.4 Å². The first-order valence-corrected chi connectivity index (χ1v) is 15.4. The van der Waals surface area contributed by atoms with Crippen LogP contribution in [0.4, 0.5) is 15.6 Å². The molecule has 1 aliphatic rings. The number of halogens is 2. The van der Waals surface area contributed by atoms with Crippen LogP contribution in [0.25, 0.3) is 10.2 Å². The summed E-state index contributed by atoms with van der Waals surface area (Å²) in [5, 5.41) is 15.6. The number of hydrogen-bond donors (Lipinski definition) is 3. The summed E-state index contributed by atoms with van der Waals surface area (Å²) >= 11 is 13.7. The average molecular weight is 626 g/mol. The molecule has 11 heteroatoms. The standard InChI is InChI=1S/C31H30Cl2N4O4S/c32-23-16-25(33)28-26(17-23)35-30(42-28)36-31(41)37(24-12-10-21(11-13-24)20-4-2-1-3-5-20)18-19-6-8-22(9-7-19)29(40)34-15-14-27(38)39/h6-13,16-17,20H,1-5,14-15,18H2,(H,34,40)(H,38,39)(H,35,36,41). The number of amides is 3. The van der Waals surface area contributed by atoms with Crippen LogP contribution in [0, 0.1) is 0 Å². The van der Waals surface area contributed by atoms with Crippen molar-refractivity contribution in [2.24, 2.45) is 0 Å². The molecular formula is C31H30Cl2N4O4S. The van der Waals surface area contributed by atoms with Crippen LogP contribution in [0.2, 0.25) is 10.0 Å². The molecule has 0 bridgehead atoms. The van der Waals surface area contributed by atoms with Gasteiger partial charge in [-0.25, -0.2) is 9.78 Å². The number of fused-ring (bicyclic) bond motifs is 1. The van der Waals surface area contributed by atoms with Gasteiger partial charge in [-0.3, -0.25) is 19.8 Å². The molecule has 3 amide bonds. The van der Waals surface area contributed by atoms with Crippen LogP contribution in [-0.4, -0.2) is 34.5 Å². The maximum Gasteiger partial charge on any atom is 0.328 e. The summed E-state index contributed by atoms with van der Waals surface area (Å²) < 4.78 is 0.733. The van der Waals surface area contributed by atoms with E-state index in [1.165, 1.54) is 49.0 Å². The van der Waals surface area contributed by atoms with Crippen LogP contribution < -0.4 is 15.5 Å². The number of anilines is 2. The van der Waals surface area contributed by atoms with Crippen molar-refractivity contribution in [1.82, 2.24) is 10.3 Å². The highest BCUT2D eigenvalue weighted by molar-refractivity contribution is 7.23. The molecule has 1 aliphatic carbocycles. The first-order valence-electron chi connectivity index (χ1n) is 13.8. The van der Waals surface area contributed by atoms with Crippen molar-refractivity contribution in [3.8, 4) is 0 Å². The predicted molar refractivity (Wildman–Crippen MR) is 168 cm³/mol. The minimum atomic E-state index is -0.978. The lowest BCUT2D eigenvalue weighted by Crippen LogP contribution is -2.34. The van der Waals surface area contributed by atoms with Gasteiger partial charge < -0.3 is 10.4 Å². The van der Waals surface area contributed by atoms with Crippen molar-refractivity contribution in [3.05, 3.63) is 87.4 Å². The molecule has 3 aromatic carbocycles. The molecule has 42 heavy (non-hydrogen) atoms. The second-order valence-electron chi connectivity index (χ2n) is 10.3. The Morgan fingerprint density at radius 1 is 0.976 bits per heavy atom. The topological polar surface area (TPSA) is 112 Å². The Morgan fingerprint density at radius 2 is 1.69 bits per heavy atom. The van der Waals surface area contributed by atoms with Crippen LogP contribution >= 0.6 is 34.5 Å². The molecule has 1 saturated carbocycles. The van der Waals surface area contributed by atoms with E-state index in [0.717, 1.165) is 16.0 Å². The highest BCUT2D eigenvalue weighted by Gasteiger charge is 2.21. The number of carboxylic acid groups (broad SMARTS) is 1. The van der Waals surface area contributed by atoms with E-state index in [1.54, 1.807) is 41.3 Å². The molecule has 0 radical (unpaired) electrons. The molecule has 0 unspecified atom stereocenters. The number of urea groups is 1. The first kappa shape index (κ1) is 29.8. The van der Waals surface area contributed by atoms with Crippen LogP contribution in [0.15, 0.2) is 60.7 Å². The van der Waals surface area contributed by atoms with Crippen LogP contribution in [-0.2, 0) is 11.3 Å². The summed E-state index contributed by atoms with van der Waals surface area (Å²) in [5.41, 5.74) is 3.83. The van der Waals surface area contributed by atoms with E-state index in [0.29, 0.717) is 32.2 Å². The maximum atomic E-state index is 13.7. The highest BCUT2D eigenvalue weighted by Crippen LogP contribution is 2.36. The normalized spacial score (nSPS) is 13.6. The predicted octanol–water partition coefficient (Wildman–Crippen LogP) is 8.09. The van der Waals surface area contributed by atoms with Crippen molar-refractivity contribution in [2.45, 2.75) is 51.0 Å². The summed E-state index contributed by atoms with van der Waals surface area (Å²) in [6, 6.07) is 18.0. The number of carboxylic acids is 1. The molecule has 8 nitrogen and oxygen atoms in total. The number of hydrogen-bond acceptors (Lipinski definition) is 5. The minimum absolute atomic E-state index is 0.0455. The summed E-state index contributed by atoms with van der Waals surface area (Å²) in [6.07, 6.45) is 5.99. The lowest BCUT2D eigenvalue weighted by atomic mass is 9.84. The fraction of sp³-hybridized carbons (Fsp3) is 0.290. The molecule has 5 rings (SSSR count). The summed E-state index contributed by atoms with van der Waals surface area (Å²) in [6.45, 7) is 0.289. The molecule has 1 fully saturated rings. The zero-order valence-corrected chi connectivity index (χ0v) is 25.1. The van der Waals surface area contributed by atoms with Gasteiger partial charge in [0.05, 0.1) is 28.2 Å². The van der Waals surface area contributed by atoms with Crippen LogP contribution in [0.1, 0.15) is 65.9 Å². The molecule has 218 valence electrons. The minimum Gasteiger partial charge on any atom is -0.481 e. The molecular weight excluding hydrogens is 595 g/mol. The van der Waals surface area contributed by atoms with Gasteiger partial charge in [-0.1, -0.05) is 78.1 Å². The number of aromatic nitrogens is 1. The molecule has 0 atom stereocenters. The zero-order valence-electron chi connectivity index (χ0n) is 22.7. The van der Waals surface area contributed by atoms with Gasteiger partial charge in [-0.05, 0) is 66.3 Å². The Morgan fingerprint density at radius 3 is 2.38 bits per heavy atom. The molecule has 4 aromatic rings. The quantitative estimate of drug-likeness (QED) is 0.174. The van der Waals surface area contributed by atoms with E-state index < -0.39 is 5.97 Å². The van der Waals surface area contributed by atoms with Crippen molar-refractivity contribution >= 4 is 73.5 Å². The van der Waals surface area contributed by atoms with E-state index in [1.807, 2.05) is 12.1 Å². The number of thiazole rings is 1. The van der Waals surface area contributed by atoms with E-state index in [2.05, 4.69) is 27.8 Å². The van der Waals surface area contributed by atoms with Crippen LogP contribution in [0.3, 0.4) is 0 Å². The number of carbonyl (C=O) groups excluding carboxylic acids is 2. The maximum absolute atomic E-state index is 13.7. The monoisotopic (exact) mass is 624 g/mol. The molecule has 0 spiro atoms. The Labute approximate surface area is 257 Å². The van der Waals surface area contributed by atoms with Crippen molar-refractivity contribution in [2.75, 3.05) is 16.8 Å². The summed E-state index contributed by atoms with van der Waals surface area (Å²) in [5.74, 6) is -0.789. The van der Waals surface area contributed by atoms with E-state index in [4.69, 9.17) is 28.3 Å². The largest absolute Gasteiger partial charge is 0.481 e. The number of aliphatic carboxylic acids is 1. The first-order chi connectivity index (χ1) is 20.3. The second kappa shape index (κ2) is 13.5. The van der Waals surface area contributed by atoms with Crippen molar-refractivity contribution in [1.29, 1.82) is 0 Å². The molecule has 0 aliphatic heterocycles. The van der Waals surface area contributed by atoms with Gasteiger partial charge in [0.25, 0.3) is 5.91 Å². The number of nitrogens with zero attached hydrogens (tertiary/aromatic N) is 2. The van der Waals surface area contributed by atoms with Crippen molar-refractivity contribution in [3.63, 3.8) is 0 Å². The fourth-order valence-electron chi connectivity index (χ4n) is 5.14. The molecule has 1 aromatic heterocycles. The number of rotatable bonds is 9. The summed E-state index contributed by atoms with van der Waals surface area (Å²) in [7, 11) is 0. The fourth-order valence-corrected chi connectivity index (χ4v) is 6.58. The van der Waals surface area contributed by atoms with E-state index in [-0.39, 0.29) is 31.4 Å². The van der Waals surface area contributed by atoms with Crippen LogP contribution in [0.5, 0.6) is 0 Å². The third-order valence-electron chi connectivity index (χ3n) is 7.33. The number of carbonyl (C=O) groups is 3. The SMILES string of the molecule is O=C(O)CCNC(=O)c1ccc(CN(C(=O)Nc2nc3cc(Cl)cc(Cl)c3s2)c2ccc(C3CCCCC3)cc2)cc1. The Kier molecular flexibility index (Phi) is 9.62. The van der Waals surface area contributed by atoms with Crippen molar-refractivity contribution < 1.29 is 19.5 Å². The highest BCUT2D eigenvalue weighted by atomic mass is 35.5.